The first-order valence-electron chi connectivity index (χ1n) is 15.5. The fourth-order valence-corrected chi connectivity index (χ4v) is 4.79. The van der Waals surface area contributed by atoms with Crippen molar-refractivity contribution < 1.29 is 38.5 Å². The molecule has 5 atom stereocenters. The Morgan fingerprint density at radius 3 is 2.35 bits per heavy atom. The quantitative estimate of drug-likeness (QED) is 0.119. The molecule has 0 saturated carbocycles. The highest BCUT2D eigenvalue weighted by molar-refractivity contribution is 6.32. The van der Waals surface area contributed by atoms with Gasteiger partial charge in [0.15, 0.2) is 6.10 Å². The Bertz CT molecular complexity index is 1320. The van der Waals surface area contributed by atoms with E-state index in [1.54, 1.807) is 13.2 Å². The van der Waals surface area contributed by atoms with Gasteiger partial charge in [0.25, 0.3) is 0 Å². The van der Waals surface area contributed by atoms with Crippen molar-refractivity contribution in [2.75, 3.05) is 20.2 Å². The maximum absolute atomic E-state index is 12.1. The molecule has 10 nitrogen and oxygen atoms in total. The van der Waals surface area contributed by atoms with Crippen molar-refractivity contribution in [2.45, 2.75) is 72.2 Å². The summed E-state index contributed by atoms with van der Waals surface area (Å²) in [6.07, 6.45) is 4.12. The maximum Gasteiger partial charge on any atom is 0.345 e. The molecule has 0 bridgehead atoms. The number of methoxy groups -OCH3 is 1. The molecule has 1 saturated heterocycles. The molecule has 46 heavy (non-hydrogen) atoms. The second-order valence-corrected chi connectivity index (χ2v) is 12.3. The Balaban J connectivity index is 0.000000623. The zero-order chi connectivity index (χ0) is 34.2. The van der Waals surface area contributed by atoms with Crippen LogP contribution in [0.5, 0.6) is 5.75 Å². The minimum absolute atomic E-state index is 0.0253. The van der Waals surface area contributed by atoms with Gasteiger partial charge in [-0.25, -0.2) is 4.79 Å². The largest absolute Gasteiger partial charge is 0.495 e. The fourth-order valence-electron chi connectivity index (χ4n) is 4.48. The van der Waals surface area contributed by atoms with E-state index in [2.05, 4.69) is 29.7 Å². The number of aryl methyl sites for hydroxylation is 1. The Morgan fingerprint density at radius 1 is 1.04 bits per heavy atom. The first-order chi connectivity index (χ1) is 21.8. The van der Waals surface area contributed by atoms with Gasteiger partial charge in [-0.15, -0.1) is 0 Å². The number of carboxylic acid groups (broad SMARTS) is 1. The van der Waals surface area contributed by atoms with Gasteiger partial charge in [-0.1, -0.05) is 81.8 Å². The molecule has 3 rings (SSSR count). The Kier molecular flexibility index (Phi) is 16.3. The van der Waals surface area contributed by atoms with Crippen LogP contribution >= 0.6 is 11.6 Å². The molecule has 5 unspecified atom stereocenters. The molecule has 0 radical (unpaired) electrons. The Labute approximate surface area is 276 Å². The van der Waals surface area contributed by atoms with E-state index in [9.17, 15) is 24.3 Å². The number of amides is 2. The monoisotopic (exact) mass is 658 g/mol. The van der Waals surface area contributed by atoms with Crippen molar-refractivity contribution in [1.29, 1.82) is 0 Å². The number of carbonyl (C=O) groups excluding carboxylic acids is 3. The van der Waals surface area contributed by atoms with Crippen LogP contribution in [0, 0.1) is 24.7 Å². The highest BCUT2D eigenvalue weighted by Crippen LogP contribution is 2.44. The average Bonchev–Trinajstić information content (AvgIpc) is 3.82. The number of nitrogens with one attached hydrogen (secondary N) is 2. The number of hydrogen-bond acceptors (Lipinski definition) is 7. The van der Waals surface area contributed by atoms with E-state index in [4.69, 9.17) is 25.8 Å². The van der Waals surface area contributed by atoms with Gasteiger partial charge in [0, 0.05) is 6.54 Å². The highest BCUT2D eigenvalue weighted by atomic mass is 35.5. The molecule has 0 aliphatic carbocycles. The molecule has 0 aromatic heterocycles. The number of carbonyl (C=O) groups is 4. The van der Waals surface area contributed by atoms with E-state index >= 15 is 0 Å². The summed E-state index contributed by atoms with van der Waals surface area (Å²) in [6, 6.07) is 15.8. The second-order valence-electron chi connectivity index (χ2n) is 11.8. The lowest BCUT2D eigenvalue weighted by atomic mass is 9.97. The first-order valence-corrected chi connectivity index (χ1v) is 15.8. The first kappa shape index (κ1) is 38.3. The molecule has 252 valence electrons. The normalized spacial score (nSPS) is 17.2. The third-order valence-corrected chi connectivity index (χ3v) is 7.53. The number of aliphatic carboxylic acids is 1. The van der Waals surface area contributed by atoms with Crippen LogP contribution in [0.2, 0.25) is 5.02 Å². The zero-order valence-corrected chi connectivity index (χ0v) is 28.2. The van der Waals surface area contributed by atoms with Crippen LogP contribution in [-0.4, -0.2) is 61.3 Å². The summed E-state index contributed by atoms with van der Waals surface area (Å²) in [7, 11) is 1.61. The van der Waals surface area contributed by atoms with Crippen molar-refractivity contribution >= 4 is 35.4 Å². The lowest BCUT2D eigenvalue weighted by molar-refractivity contribution is -0.167. The zero-order valence-electron chi connectivity index (χ0n) is 27.5. The van der Waals surface area contributed by atoms with Crippen LogP contribution in [0.1, 0.15) is 64.2 Å². The number of halogens is 1. The molecule has 3 N–H and O–H groups in total. The highest BCUT2D eigenvalue weighted by Gasteiger charge is 2.43. The van der Waals surface area contributed by atoms with Gasteiger partial charge in [-0.05, 0) is 67.4 Å². The van der Waals surface area contributed by atoms with Gasteiger partial charge in [-0.3, -0.25) is 14.4 Å². The summed E-state index contributed by atoms with van der Waals surface area (Å²) >= 11 is 5.80. The topological polar surface area (TPSA) is 144 Å². The van der Waals surface area contributed by atoms with E-state index in [1.165, 1.54) is 18.6 Å². The smallest absolute Gasteiger partial charge is 0.345 e. The summed E-state index contributed by atoms with van der Waals surface area (Å²) in [5.41, 5.74) is 2.33. The lowest BCUT2D eigenvalue weighted by Gasteiger charge is -2.18. The molecule has 1 fully saturated rings. The standard InChI is InChI=1S/C27H38N2O7.C8H9ClO/c1-17(2)14-21(26(32)33)35-27(34)19(4)15-28-23(31)16-29-22(30)13-9-8-10-18(3)24-25(36-24)20-11-6-5-7-12-20;1-6-3-4-8(10-2)7(9)5-6/h5-7,9,11-13,17-19,21,24-25H,8,10,14-16H2,1-4H3,(H,28,31)(H,29,30)(H,32,33);3-5H,1-2H3/b13-9+;. The molecule has 2 aromatic rings. The molecular weight excluding hydrogens is 612 g/mol. The van der Waals surface area contributed by atoms with E-state index in [0.717, 1.165) is 24.2 Å². The van der Waals surface area contributed by atoms with Crippen LogP contribution in [-0.2, 0) is 28.7 Å². The van der Waals surface area contributed by atoms with Gasteiger partial charge in [0.1, 0.15) is 11.9 Å². The summed E-state index contributed by atoms with van der Waals surface area (Å²) < 4.78 is 15.8. The fraction of sp³-hybridized carbons (Fsp3) is 0.486. The van der Waals surface area contributed by atoms with E-state index in [1.807, 2.05) is 57.2 Å². The van der Waals surface area contributed by atoms with Crippen molar-refractivity contribution in [1.82, 2.24) is 10.6 Å². The van der Waals surface area contributed by atoms with Gasteiger partial charge in [0.2, 0.25) is 11.8 Å². The minimum atomic E-state index is -1.22. The lowest BCUT2D eigenvalue weighted by Crippen LogP contribution is -2.40. The maximum atomic E-state index is 12.1. The van der Waals surface area contributed by atoms with E-state index in [-0.39, 0.29) is 43.5 Å². The van der Waals surface area contributed by atoms with Crippen molar-refractivity contribution in [2.24, 2.45) is 17.8 Å². The molecule has 1 aliphatic heterocycles. The summed E-state index contributed by atoms with van der Waals surface area (Å²) in [5.74, 6) is -2.32. The van der Waals surface area contributed by atoms with Crippen LogP contribution in [0.25, 0.3) is 0 Å². The molecule has 0 spiro atoms. The third kappa shape index (κ3) is 14.0. The summed E-state index contributed by atoms with van der Waals surface area (Å²) in [6.45, 7) is 9.07. The molecule has 2 aromatic carbocycles. The van der Waals surface area contributed by atoms with Gasteiger partial charge in [-0.2, -0.15) is 0 Å². The Hall–Kier alpha value is -3.89. The molecule has 1 aliphatic rings. The number of ether oxygens (including phenoxy) is 3. The number of benzene rings is 2. The summed E-state index contributed by atoms with van der Waals surface area (Å²) in [4.78, 5) is 47.3. The number of carboxylic acids is 1. The van der Waals surface area contributed by atoms with Crippen molar-refractivity contribution in [3.05, 3.63) is 76.8 Å². The SMILES string of the molecule is CC(C)CC(OC(=O)C(C)CNC(=O)CNC(=O)/C=C/CCC(C)C1OC1c1ccccc1)C(=O)O.COc1ccc(C)cc1Cl. The number of hydrogen-bond donors (Lipinski definition) is 3. The van der Waals surface area contributed by atoms with E-state index in [0.29, 0.717) is 10.9 Å². The molecule has 2 amide bonds. The number of epoxide rings is 1. The van der Waals surface area contributed by atoms with E-state index < -0.39 is 29.9 Å². The predicted molar refractivity (Wildman–Crippen MR) is 176 cm³/mol. The number of esters is 1. The number of rotatable bonds is 16. The van der Waals surface area contributed by atoms with Gasteiger partial charge >= 0.3 is 11.9 Å². The van der Waals surface area contributed by atoms with Gasteiger partial charge < -0.3 is 30.0 Å². The summed E-state index contributed by atoms with van der Waals surface area (Å²) in [5, 5.41) is 14.9. The van der Waals surface area contributed by atoms with Gasteiger partial charge in [0.05, 0.1) is 30.7 Å². The van der Waals surface area contributed by atoms with Crippen LogP contribution in [0.15, 0.2) is 60.7 Å². The van der Waals surface area contributed by atoms with Crippen molar-refractivity contribution in [3.63, 3.8) is 0 Å². The number of allylic oxidation sites excluding steroid dienone is 1. The molecule has 1 heterocycles. The van der Waals surface area contributed by atoms with Crippen LogP contribution in [0.3, 0.4) is 0 Å². The third-order valence-electron chi connectivity index (χ3n) is 7.23. The molecular formula is C35H47ClN2O8. The Morgan fingerprint density at radius 2 is 1.74 bits per heavy atom. The predicted octanol–water partition coefficient (Wildman–Crippen LogP) is 5.67. The van der Waals surface area contributed by atoms with Crippen LogP contribution in [0.4, 0.5) is 0 Å². The van der Waals surface area contributed by atoms with Crippen LogP contribution < -0.4 is 15.4 Å². The average molecular weight is 659 g/mol. The van der Waals surface area contributed by atoms with Crippen molar-refractivity contribution in [3.8, 4) is 5.75 Å². The molecule has 11 heteroatoms. The minimum Gasteiger partial charge on any atom is -0.495 e. The second kappa shape index (κ2) is 19.6.